The van der Waals surface area contributed by atoms with Crippen LogP contribution in [0.4, 0.5) is 5.82 Å². The maximum Gasteiger partial charge on any atom is 0.336 e. The van der Waals surface area contributed by atoms with Crippen LogP contribution in [0.1, 0.15) is 0 Å². The first-order chi connectivity index (χ1) is 8.22. The van der Waals surface area contributed by atoms with Crippen molar-refractivity contribution in [3.8, 4) is 0 Å². The van der Waals surface area contributed by atoms with Gasteiger partial charge in [-0.25, -0.2) is 14.8 Å². The molecule has 1 fully saturated rings. The summed E-state index contributed by atoms with van der Waals surface area (Å²) in [6.45, 7) is 1.44. The molecule has 1 unspecified atom stereocenters. The average Bonchev–Trinajstić information content (AvgIpc) is 2.38. The Hall–Kier alpha value is -1.40. The molecule has 1 aliphatic rings. The molecule has 0 radical (unpaired) electrons. The number of carbonyl (C=O) groups excluding carboxylic acids is 1. The highest BCUT2D eigenvalue weighted by molar-refractivity contribution is 6.32. The number of methoxy groups -OCH3 is 1. The van der Waals surface area contributed by atoms with E-state index < -0.39 is 6.10 Å². The van der Waals surface area contributed by atoms with Gasteiger partial charge in [-0.15, -0.1) is 0 Å². The first-order valence-corrected chi connectivity index (χ1v) is 5.50. The number of rotatable bonds is 2. The molecule has 17 heavy (non-hydrogen) atoms. The number of halogens is 1. The van der Waals surface area contributed by atoms with Gasteiger partial charge >= 0.3 is 5.97 Å². The third-order valence-electron chi connectivity index (χ3n) is 2.48. The maximum absolute atomic E-state index is 11.4. The Balaban J connectivity index is 2.12. The lowest BCUT2D eigenvalue weighted by molar-refractivity contribution is -0.154. The third kappa shape index (κ3) is 2.65. The Morgan fingerprint density at radius 3 is 3.24 bits per heavy atom. The molecule has 0 bridgehead atoms. The Labute approximate surface area is 104 Å². The first kappa shape index (κ1) is 12.1. The van der Waals surface area contributed by atoms with Crippen molar-refractivity contribution in [2.45, 2.75) is 6.10 Å². The second-order valence-electron chi connectivity index (χ2n) is 3.52. The number of hydrogen-bond donors (Lipinski definition) is 0. The Morgan fingerprint density at radius 1 is 1.71 bits per heavy atom. The summed E-state index contributed by atoms with van der Waals surface area (Å²) in [5, 5.41) is 0.456. The summed E-state index contributed by atoms with van der Waals surface area (Å²) in [6.07, 6.45) is 2.34. The van der Waals surface area contributed by atoms with Crippen molar-refractivity contribution in [2.24, 2.45) is 0 Å². The normalized spacial score (nSPS) is 20.1. The van der Waals surface area contributed by atoms with Crippen molar-refractivity contribution in [1.82, 2.24) is 9.97 Å². The lowest BCUT2D eigenvalue weighted by Gasteiger charge is -2.32. The number of hydrogen-bond acceptors (Lipinski definition) is 6. The fourth-order valence-electron chi connectivity index (χ4n) is 1.65. The van der Waals surface area contributed by atoms with E-state index in [9.17, 15) is 4.79 Å². The van der Waals surface area contributed by atoms with Crippen LogP contribution in [0.25, 0.3) is 0 Å². The fourth-order valence-corrected chi connectivity index (χ4v) is 1.88. The molecular formula is C10H12ClN3O3. The molecule has 6 nitrogen and oxygen atoms in total. The molecule has 0 spiro atoms. The Bertz CT molecular complexity index is 416. The van der Waals surface area contributed by atoms with Crippen molar-refractivity contribution in [3.63, 3.8) is 0 Å². The molecule has 0 aromatic carbocycles. The van der Waals surface area contributed by atoms with E-state index in [0.29, 0.717) is 30.5 Å². The van der Waals surface area contributed by atoms with Gasteiger partial charge in [0.2, 0.25) is 0 Å². The van der Waals surface area contributed by atoms with Crippen LogP contribution in [0.15, 0.2) is 12.5 Å². The number of esters is 1. The van der Waals surface area contributed by atoms with Crippen molar-refractivity contribution in [2.75, 3.05) is 31.7 Å². The zero-order valence-electron chi connectivity index (χ0n) is 9.30. The maximum atomic E-state index is 11.4. The number of ether oxygens (including phenoxy) is 2. The first-order valence-electron chi connectivity index (χ1n) is 5.12. The van der Waals surface area contributed by atoms with Crippen LogP contribution in [0.2, 0.25) is 5.02 Å². The SMILES string of the molecule is COC(=O)C1CN(c2ncncc2Cl)CCO1. The van der Waals surface area contributed by atoms with Crippen molar-refractivity contribution in [3.05, 3.63) is 17.5 Å². The van der Waals surface area contributed by atoms with E-state index in [1.807, 2.05) is 4.90 Å². The lowest BCUT2D eigenvalue weighted by Crippen LogP contribution is -2.47. The fraction of sp³-hybridized carbons (Fsp3) is 0.500. The Kier molecular flexibility index (Phi) is 3.75. The predicted molar refractivity (Wildman–Crippen MR) is 61.0 cm³/mol. The summed E-state index contributed by atoms with van der Waals surface area (Å²) in [7, 11) is 1.34. The minimum absolute atomic E-state index is 0.378. The van der Waals surface area contributed by atoms with E-state index in [1.54, 1.807) is 0 Å². The smallest absolute Gasteiger partial charge is 0.336 e. The number of aromatic nitrogens is 2. The molecule has 1 aromatic heterocycles. The zero-order valence-corrected chi connectivity index (χ0v) is 10.1. The van der Waals surface area contributed by atoms with Gasteiger partial charge in [0, 0.05) is 6.54 Å². The van der Waals surface area contributed by atoms with Crippen molar-refractivity contribution < 1.29 is 14.3 Å². The molecule has 0 N–H and O–H groups in total. The molecule has 0 saturated carbocycles. The van der Waals surface area contributed by atoms with Gasteiger partial charge in [0.15, 0.2) is 11.9 Å². The molecule has 0 amide bonds. The summed E-state index contributed by atoms with van der Waals surface area (Å²) >= 11 is 6.00. The molecule has 2 heterocycles. The lowest BCUT2D eigenvalue weighted by atomic mass is 10.2. The van der Waals surface area contributed by atoms with Crippen LogP contribution in [-0.2, 0) is 14.3 Å². The largest absolute Gasteiger partial charge is 0.467 e. The van der Waals surface area contributed by atoms with Gasteiger partial charge in [0.05, 0.1) is 26.5 Å². The van der Waals surface area contributed by atoms with Crippen LogP contribution in [-0.4, -0.2) is 48.8 Å². The molecule has 1 aromatic rings. The number of anilines is 1. The van der Waals surface area contributed by atoms with Gasteiger partial charge in [-0.3, -0.25) is 0 Å². The summed E-state index contributed by atoms with van der Waals surface area (Å²) in [5.41, 5.74) is 0. The van der Waals surface area contributed by atoms with Crippen LogP contribution in [0.3, 0.4) is 0 Å². The molecule has 0 aliphatic carbocycles. The van der Waals surface area contributed by atoms with Crippen molar-refractivity contribution >= 4 is 23.4 Å². The van der Waals surface area contributed by atoms with E-state index in [1.165, 1.54) is 19.6 Å². The minimum Gasteiger partial charge on any atom is -0.467 e. The highest BCUT2D eigenvalue weighted by Crippen LogP contribution is 2.23. The summed E-state index contributed by atoms with van der Waals surface area (Å²) in [6, 6.07) is 0. The van der Waals surface area contributed by atoms with Crippen LogP contribution < -0.4 is 4.90 Å². The van der Waals surface area contributed by atoms with Gasteiger partial charge in [-0.05, 0) is 0 Å². The summed E-state index contributed by atoms with van der Waals surface area (Å²) in [4.78, 5) is 21.2. The van der Waals surface area contributed by atoms with Gasteiger partial charge < -0.3 is 14.4 Å². The molecule has 2 rings (SSSR count). The van der Waals surface area contributed by atoms with Crippen LogP contribution in [0.5, 0.6) is 0 Å². The van der Waals surface area contributed by atoms with E-state index in [0.717, 1.165) is 0 Å². The van der Waals surface area contributed by atoms with E-state index in [2.05, 4.69) is 14.7 Å². The number of carbonyl (C=O) groups is 1. The van der Waals surface area contributed by atoms with E-state index in [4.69, 9.17) is 16.3 Å². The molecule has 1 saturated heterocycles. The Morgan fingerprint density at radius 2 is 2.53 bits per heavy atom. The van der Waals surface area contributed by atoms with Crippen LogP contribution in [0, 0.1) is 0 Å². The van der Waals surface area contributed by atoms with E-state index >= 15 is 0 Å². The van der Waals surface area contributed by atoms with Gasteiger partial charge in [0.25, 0.3) is 0 Å². The molecule has 92 valence electrons. The zero-order chi connectivity index (χ0) is 12.3. The molecule has 1 atom stereocenters. The standard InChI is InChI=1S/C10H12ClN3O3/c1-16-10(15)8-5-14(2-3-17-8)9-7(11)4-12-6-13-9/h4,6,8H,2-3,5H2,1H3. The monoisotopic (exact) mass is 257 g/mol. The predicted octanol–water partition coefficient (Wildman–Crippen LogP) is 0.508. The molecular weight excluding hydrogens is 246 g/mol. The second-order valence-corrected chi connectivity index (χ2v) is 3.93. The quantitative estimate of drug-likeness (QED) is 0.720. The number of morpholine rings is 1. The third-order valence-corrected chi connectivity index (χ3v) is 2.74. The molecule has 1 aliphatic heterocycles. The highest BCUT2D eigenvalue weighted by Gasteiger charge is 2.28. The van der Waals surface area contributed by atoms with Crippen LogP contribution >= 0.6 is 11.6 Å². The van der Waals surface area contributed by atoms with Gasteiger partial charge in [-0.1, -0.05) is 11.6 Å². The average molecular weight is 258 g/mol. The van der Waals surface area contributed by atoms with Gasteiger partial charge in [-0.2, -0.15) is 0 Å². The molecule has 7 heteroatoms. The number of nitrogens with zero attached hydrogens (tertiary/aromatic N) is 3. The van der Waals surface area contributed by atoms with Crippen molar-refractivity contribution in [1.29, 1.82) is 0 Å². The van der Waals surface area contributed by atoms with Gasteiger partial charge in [0.1, 0.15) is 11.3 Å². The topological polar surface area (TPSA) is 64.5 Å². The van der Waals surface area contributed by atoms with E-state index in [-0.39, 0.29) is 5.97 Å². The minimum atomic E-state index is -0.597. The second kappa shape index (κ2) is 5.29. The summed E-state index contributed by atoms with van der Waals surface area (Å²) < 4.78 is 9.97. The highest BCUT2D eigenvalue weighted by atomic mass is 35.5. The summed E-state index contributed by atoms with van der Waals surface area (Å²) in [5.74, 6) is 0.221.